The molecule has 0 aliphatic carbocycles. The summed E-state index contributed by atoms with van der Waals surface area (Å²) in [6, 6.07) is 1.14. The topological polar surface area (TPSA) is 207 Å². The summed E-state index contributed by atoms with van der Waals surface area (Å²) in [5.74, 6) is -1.30. The number of fused-ring (bicyclic) bond motifs is 1. The standard InChI is InChI=1S/C14H16N4O6.H3N/c1-3-6-7(5-14(2,15)13(21)22)10-8(4-9(6)18(23)24)16-11(19)12(20)17-10;/h4H,3,5,15H2,1-2H3,(H,16,19)(H,17,20)(H,21,22);1H3. The highest BCUT2D eigenvalue weighted by Crippen LogP contribution is 2.31. The van der Waals surface area contributed by atoms with Gasteiger partial charge >= 0.3 is 17.1 Å². The van der Waals surface area contributed by atoms with E-state index in [0.29, 0.717) is 0 Å². The summed E-state index contributed by atoms with van der Waals surface area (Å²) < 4.78 is 0. The first-order chi connectivity index (χ1) is 11.1. The van der Waals surface area contributed by atoms with Gasteiger partial charge in [0, 0.05) is 18.1 Å². The second kappa shape index (κ2) is 6.83. The first kappa shape index (κ1) is 20.0. The van der Waals surface area contributed by atoms with Crippen LogP contribution in [0.25, 0.3) is 11.0 Å². The molecule has 0 fully saturated rings. The van der Waals surface area contributed by atoms with Crippen LogP contribution >= 0.6 is 0 Å². The van der Waals surface area contributed by atoms with Crippen molar-refractivity contribution in [3.63, 3.8) is 0 Å². The summed E-state index contributed by atoms with van der Waals surface area (Å²) in [7, 11) is 0. The van der Waals surface area contributed by atoms with Crippen LogP contribution in [0.1, 0.15) is 25.0 Å². The van der Waals surface area contributed by atoms with E-state index in [1.165, 1.54) is 6.92 Å². The van der Waals surface area contributed by atoms with Crippen molar-refractivity contribution in [2.24, 2.45) is 5.73 Å². The van der Waals surface area contributed by atoms with E-state index in [2.05, 4.69) is 9.97 Å². The van der Waals surface area contributed by atoms with E-state index in [9.17, 15) is 29.6 Å². The summed E-state index contributed by atoms with van der Waals surface area (Å²) in [5.41, 5.74) is 2.55. The third-order valence-corrected chi connectivity index (χ3v) is 3.80. The minimum absolute atomic E-state index is 0. The van der Waals surface area contributed by atoms with Crippen molar-refractivity contribution in [1.29, 1.82) is 0 Å². The van der Waals surface area contributed by atoms with Gasteiger partial charge in [-0.05, 0) is 18.9 Å². The number of rotatable bonds is 5. The van der Waals surface area contributed by atoms with Gasteiger partial charge < -0.3 is 27.0 Å². The molecule has 1 aromatic carbocycles. The number of aliphatic carboxylic acids is 1. The second-order valence-electron chi connectivity index (χ2n) is 5.69. The van der Waals surface area contributed by atoms with E-state index in [1.54, 1.807) is 6.92 Å². The van der Waals surface area contributed by atoms with Gasteiger partial charge in [0.2, 0.25) is 0 Å². The minimum Gasteiger partial charge on any atom is -0.480 e. The van der Waals surface area contributed by atoms with Gasteiger partial charge in [-0.1, -0.05) is 6.92 Å². The molecule has 1 aromatic heterocycles. The van der Waals surface area contributed by atoms with E-state index >= 15 is 0 Å². The summed E-state index contributed by atoms with van der Waals surface area (Å²) in [5, 5.41) is 20.5. The third-order valence-electron chi connectivity index (χ3n) is 3.80. The SMILES string of the molecule is CCc1c([N+](=O)[O-])cc2[nH]c(=O)c(=O)[nH]c2c1CC(C)(N)C(=O)O.N. The number of aromatic nitrogens is 2. The fourth-order valence-corrected chi connectivity index (χ4v) is 2.55. The van der Waals surface area contributed by atoms with Gasteiger partial charge in [0.15, 0.2) is 0 Å². The number of aromatic amines is 2. The van der Waals surface area contributed by atoms with Crippen LogP contribution in [0.15, 0.2) is 15.7 Å². The van der Waals surface area contributed by atoms with E-state index in [-0.39, 0.29) is 46.8 Å². The molecule has 0 amide bonds. The number of hydrogen-bond donors (Lipinski definition) is 5. The fraction of sp³-hybridized carbons (Fsp3) is 0.357. The number of benzene rings is 1. The predicted octanol–water partition coefficient (Wildman–Crippen LogP) is 0.194. The van der Waals surface area contributed by atoms with Crippen LogP contribution in [-0.4, -0.2) is 31.5 Å². The largest absolute Gasteiger partial charge is 0.480 e. The monoisotopic (exact) mass is 353 g/mol. The third kappa shape index (κ3) is 3.56. The van der Waals surface area contributed by atoms with Crippen LogP contribution < -0.4 is 23.0 Å². The molecule has 2 aromatic rings. The Bertz CT molecular complexity index is 959. The summed E-state index contributed by atoms with van der Waals surface area (Å²) in [6.07, 6.45) is -0.0376. The molecule has 1 unspecified atom stereocenters. The number of H-pyrrole nitrogens is 2. The highest BCUT2D eigenvalue weighted by molar-refractivity contribution is 5.85. The molecule has 0 aliphatic rings. The molecular weight excluding hydrogens is 334 g/mol. The smallest absolute Gasteiger partial charge is 0.323 e. The van der Waals surface area contributed by atoms with Crippen LogP contribution in [0.2, 0.25) is 0 Å². The van der Waals surface area contributed by atoms with Gasteiger partial charge in [-0.3, -0.25) is 24.5 Å². The zero-order valence-electron chi connectivity index (χ0n) is 13.7. The molecule has 0 spiro atoms. The molecule has 11 heteroatoms. The molecule has 136 valence electrons. The van der Waals surface area contributed by atoms with Gasteiger partial charge in [0.25, 0.3) is 5.69 Å². The maximum atomic E-state index is 11.6. The Labute approximate surface area is 140 Å². The zero-order chi connectivity index (χ0) is 18.2. The lowest BCUT2D eigenvalue weighted by atomic mass is 9.88. The Morgan fingerprint density at radius 1 is 1.32 bits per heavy atom. The minimum atomic E-state index is -1.71. The lowest BCUT2D eigenvalue weighted by Crippen LogP contribution is -2.47. The predicted molar refractivity (Wildman–Crippen MR) is 90.2 cm³/mol. The number of nitro benzene ring substituents is 1. The van der Waals surface area contributed by atoms with E-state index in [1.807, 2.05) is 0 Å². The maximum Gasteiger partial charge on any atom is 0.323 e. The van der Waals surface area contributed by atoms with Crippen LogP contribution in [0.5, 0.6) is 0 Å². The molecular formula is C14H19N5O6. The quantitative estimate of drug-likeness (QED) is 0.284. The molecule has 2 rings (SSSR count). The summed E-state index contributed by atoms with van der Waals surface area (Å²) >= 11 is 0. The van der Waals surface area contributed by atoms with Crippen LogP contribution in [0.4, 0.5) is 5.69 Å². The molecule has 1 heterocycles. The molecule has 1 atom stereocenters. The van der Waals surface area contributed by atoms with Crippen molar-refractivity contribution in [3.8, 4) is 0 Å². The zero-order valence-corrected chi connectivity index (χ0v) is 13.7. The first-order valence-electron chi connectivity index (χ1n) is 7.06. The second-order valence-corrected chi connectivity index (χ2v) is 5.69. The Morgan fingerprint density at radius 2 is 1.88 bits per heavy atom. The number of nitrogens with zero attached hydrogens (tertiary/aromatic N) is 1. The fourth-order valence-electron chi connectivity index (χ4n) is 2.55. The number of hydrogen-bond acceptors (Lipinski definition) is 7. The van der Waals surface area contributed by atoms with E-state index in [4.69, 9.17) is 5.73 Å². The Morgan fingerprint density at radius 3 is 2.36 bits per heavy atom. The lowest BCUT2D eigenvalue weighted by Gasteiger charge is -2.21. The Hall–Kier alpha value is -3.05. The first-order valence-corrected chi connectivity index (χ1v) is 7.06. The van der Waals surface area contributed by atoms with Gasteiger partial charge in [0.1, 0.15) is 5.54 Å². The number of nitrogens with one attached hydrogen (secondary N) is 2. The van der Waals surface area contributed by atoms with Crippen molar-refractivity contribution in [2.75, 3.05) is 0 Å². The Kier molecular flexibility index (Phi) is 5.46. The number of nitro groups is 1. The van der Waals surface area contributed by atoms with Gasteiger partial charge in [0.05, 0.1) is 16.0 Å². The van der Waals surface area contributed by atoms with Crippen molar-refractivity contribution in [2.45, 2.75) is 32.2 Å². The van der Waals surface area contributed by atoms with Crippen molar-refractivity contribution in [1.82, 2.24) is 16.1 Å². The number of carbonyl (C=O) groups is 1. The number of nitrogens with two attached hydrogens (primary N) is 1. The van der Waals surface area contributed by atoms with Crippen molar-refractivity contribution in [3.05, 3.63) is 48.0 Å². The van der Waals surface area contributed by atoms with Crippen LogP contribution in [0, 0.1) is 10.1 Å². The van der Waals surface area contributed by atoms with E-state index < -0.39 is 27.6 Å². The molecule has 0 bridgehead atoms. The number of carboxylic acid groups (broad SMARTS) is 1. The molecule has 11 nitrogen and oxygen atoms in total. The molecule has 25 heavy (non-hydrogen) atoms. The number of carboxylic acids is 1. The van der Waals surface area contributed by atoms with E-state index in [0.717, 1.165) is 6.07 Å². The average Bonchev–Trinajstić information content (AvgIpc) is 2.48. The average molecular weight is 353 g/mol. The van der Waals surface area contributed by atoms with Crippen molar-refractivity contribution >= 4 is 22.7 Å². The molecule has 0 saturated carbocycles. The van der Waals surface area contributed by atoms with Crippen molar-refractivity contribution < 1.29 is 14.8 Å². The van der Waals surface area contributed by atoms with Gasteiger partial charge in [-0.15, -0.1) is 0 Å². The Balaban J connectivity index is 0.00000312. The van der Waals surface area contributed by atoms with Gasteiger partial charge in [-0.2, -0.15) is 0 Å². The van der Waals surface area contributed by atoms with Crippen LogP contribution in [-0.2, 0) is 17.6 Å². The highest BCUT2D eigenvalue weighted by atomic mass is 16.6. The van der Waals surface area contributed by atoms with Gasteiger partial charge in [-0.25, -0.2) is 0 Å². The maximum absolute atomic E-state index is 11.6. The summed E-state index contributed by atoms with van der Waals surface area (Å²) in [6.45, 7) is 2.93. The lowest BCUT2D eigenvalue weighted by molar-refractivity contribution is -0.385. The molecule has 8 N–H and O–H groups in total. The molecule has 0 radical (unpaired) electrons. The highest BCUT2D eigenvalue weighted by Gasteiger charge is 2.32. The molecule has 0 saturated heterocycles. The molecule has 0 aliphatic heterocycles. The normalized spacial score (nSPS) is 13.1. The van der Waals surface area contributed by atoms with Crippen LogP contribution in [0.3, 0.4) is 0 Å². The summed E-state index contributed by atoms with van der Waals surface area (Å²) in [4.78, 5) is 49.7.